The first-order valence-corrected chi connectivity index (χ1v) is 5.78. The molecule has 0 spiro atoms. The minimum Gasteiger partial charge on any atom is -0.497 e. The molecule has 1 saturated heterocycles. The van der Waals surface area contributed by atoms with Crippen molar-refractivity contribution in [2.24, 2.45) is 0 Å². The maximum Gasteiger partial charge on any atom is 0.127 e. The number of β-amino-alcohol motifs (C(OH)–C–C–N with tert-alkyl or cyclic N) is 1. The van der Waals surface area contributed by atoms with E-state index >= 15 is 0 Å². The monoisotopic (exact) mass is 248 g/mol. The smallest absolute Gasteiger partial charge is 0.127 e. The minimum atomic E-state index is -0.992. The third kappa shape index (κ3) is 2.46. The third-order valence-corrected chi connectivity index (χ3v) is 3.21. The van der Waals surface area contributed by atoms with Gasteiger partial charge in [-0.2, -0.15) is 5.26 Å². The number of aliphatic hydroxyl groups is 2. The van der Waals surface area contributed by atoms with Gasteiger partial charge in [0.15, 0.2) is 0 Å². The molecule has 3 atom stereocenters. The molecule has 1 fully saturated rings. The molecule has 0 aromatic heterocycles. The van der Waals surface area contributed by atoms with E-state index in [2.05, 4.69) is 0 Å². The third-order valence-electron chi connectivity index (χ3n) is 3.21. The quantitative estimate of drug-likeness (QED) is 0.795. The van der Waals surface area contributed by atoms with E-state index in [1.54, 1.807) is 12.0 Å². The van der Waals surface area contributed by atoms with Crippen LogP contribution in [0.5, 0.6) is 5.75 Å². The van der Waals surface area contributed by atoms with Crippen molar-refractivity contribution in [3.63, 3.8) is 0 Å². The summed E-state index contributed by atoms with van der Waals surface area (Å²) >= 11 is 0. The van der Waals surface area contributed by atoms with Gasteiger partial charge in [-0.05, 0) is 17.7 Å². The molecule has 0 amide bonds. The molecule has 0 aliphatic carbocycles. The van der Waals surface area contributed by atoms with E-state index < -0.39 is 18.2 Å². The average Bonchev–Trinajstić information content (AvgIpc) is 2.65. The summed E-state index contributed by atoms with van der Waals surface area (Å²) in [5.74, 6) is 0.775. The minimum absolute atomic E-state index is 0.311. The number of nitriles is 1. The number of nitrogens with zero attached hydrogens (tertiary/aromatic N) is 2. The molecule has 1 aromatic carbocycles. The number of hydrogen-bond acceptors (Lipinski definition) is 5. The SMILES string of the molecule is COc1ccc(CN2C[C@@H](O)[C@H](O)[C@@H]2C#N)cc1. The predicted octanol–water partition coefficient (Wildman–Crippen LogP) is 0.125. The highest BCUT2D eigenvalue weighted by Crippen LogP contribution is 2.21. The first-order chi connectivity index (χ1) is 8.65. The van der Waals surface area contributed by atoms with Crippen molar-refractivity contribution in [2.45, 2.75) is 24.8 Å². The number of likely N-dealkylation sites (tertiary alicyclic amines) is 1. The van der Waals surface area contributed by atoms with Crippen molar-refractivity contribution >= 4 is 0 Å². The molecule has 5 nitrogen and oxygen atoms in total. The lowest BCUT2D eigenvalue weighted by Gasteiger charge is -2.19. The molecular formula is C13H16N2O3. The van der Waals surface area contributed by atoms with Gasteiger partial charge in [0.05, 0.1) is 19.3 Å². The van der Waals surface area contributed by atoms with Gasteiger partial charge in [0.25, 0.3) is 0 Å². The van der Waals surface area contributed by atoms with Crippen LogP contribution in [0.25, 0.3) is 0 Å². The summed E-state index contributed by atoms with van der Waals surface area (Å²) in [6, 6.07) is 8.89. The van der Waals surface area contributed by atoms with Crippen LogP contribution in [0, 0.1) is 11.3 Å². The maximum absolute atomic E-state index is 9.65. The zero-order valence-corrected chi connectivity index (χ0v) is 10.2. The van der Waals surface area contributed by atoms with Gasteiger partial charge in [0.2, 0.25) is 0 Å². The van der Waals surface area contributed by atoms with Crippen LogP contribution in [0.3, 0.4) is 0 Å². The predicted molar refractivity (Wildman–Crippen MR) is 64.8 cm³/mol. The zero-order chi connectivity index (χ0) is 13.1. The number of rotatable bonds is 3. The lowest BCUT2D eigenvalue weighted by Crippen LogP contribution is -2.34. The Bertz CT molecular complexity index is 441. The molecule has 1 aliphatic heterocycles. The highest BCUT2D eigenvalue weighted by atomic mass is 16.5. The Hall–Kier alpha value is -1.61. The van der Waals surface area contributed by atoms with Crippen LogP contribution in [0.15, 0.2) is 24.3 Å². The van der Waals surface area contributed by atoms with Gasteiger partial charge in [-0.25, -0.2) is 0 Å². The van der Waals surface area contributed by atoms with Crippen LogP contribution >= 0.6 is 0 Å². The molecule has 1 heterocycles. The van der Waals surface area contributed by atoms with Crippen LogP contribution in [-0.2, 0) is 6.54 Å². The second-order valence-electron chi connectivity index (χ2n) is 4.41. The lowest BCUT2D eigenvalue weighted by molar-refractivity contribution is 0.0477. The van der Waals surface area contributed by atoms with Crippen molar-refractivity contribution in [3.05, 3.63) is 29.8 Å². The number of benzene rings is 1. The maximum atomic E-state index is 9.65. The van der Waals surface area contributed by atoms with Gasteiger partial charge >= 0.3 is 0 Å². The van der Waals surface area contributed by atoms with Crippen molar-refractivity contribution in [3.8, 4) is 11.8 Å². The highest BCUT2D eigenvalue weighted by Gasteiger charge is 2.39. The summed E-state index contributed by atoms with van der Waals surface area (Å²) in [6.45, 7) is 0.835. The van der Waals surface area contributed by atoms with E-state index in [1.807, 2.05) is 30.3 Å². The summed E-state index contributed by atoms with van der Waals surface area (Å²) in [5.41, 5.74) is 1.01. The first kappa shape index (κ1) is 12.8. The van der Waals surface area contributed by atoms with E-state index in [0.29, 0.717) is 13.1 Å². The Kier molecular flexibility index (Phi) is 3.82. The fourth-order valence-corrected chi connectivity index (χ4v) is 2.17. The molecule has 1 aromatic rings. The number of aliphatic hydroxyl groups excluding tert-OH is 2. The van der Waals surface area contributed by atoms with E-state index in [0.717, 1.165) is 11.3 Å². The summed E-state index contributed by atoms with van der Waals surface area (Å²) in [6.07, 6.45) is -1.85. The second-order valence-corrected chi connectivity index (χ2v) is 4.41. The lowest BCUT2D eigenvalue weighted by atomic mass is 10.1. The van der Waals surface area contributed by atoms with Gasteiger partial charge in [-0.15, -0.1) is 0 Å². The summed E-state index contributed by atoms with van der Waals surface area (Å²) < 4.78 is 5.07. The normalized spacial score (nSPS) is 28.0. The Morgan fingerprint density at radius 1 is 1.39 bits per heavy atom. The van der Waals surface area contributed by atoms with Crippen molar-refractivity contribution in [2.75, 3.05) is 13.7 Å². The standard InChI is InChI=1S/C13H16N2O3/c1-18-10-4-2-9(3-5-10)7-15-8-12(16)13(17)11(15)6-14/h2-5,11-13,16-17H,7-8H2,1H3/t11-,12+,13+/m0/s1. The van der Waals surface area contributed by atoms with E-state index in [1.165, 1.54) is 0 Å². The van der Waals surface area contributed by atoms with Crippen molar-refractivity contribution < 1.29 is 14.9 Å². The van der Waals surface area contributed by atoms with Gasteiger partial charge in [-0.3, -0.25) is 4.90 Å². The number of hydrogen-bond donors (Lipinski definition) is 2. The zero-order valence-electron chi connectivity index (χ0n) is 10.2. The van der Waals surface area contributed by atoms with E-state index in [9.17, 15) is 10.2 Å². The molecule has 96 valence electrons. The molecule has 18 heavy (non-hydrogen) atoms. The highest BCUT2D eigenvalue weighted by molar-refractivity contribution is 5.27. The molecule has 0 radical (unpaired) electrons. The Labute approximate surface area is 106 Å². The molecule has 2 N–H and O–H groups in total. The van der Waals surface area contributed by atoms with Crippen molar-refractivity contribution in [1.82, 2.24) is 4.90 Å². The van der Waals surface area contributed by atoms with Crippen LogP contribution in [0.1, 0.15) is 5.56 Å². The van der Waals surface area contributed by atoms with Crippen LogP contribution in [0.2, 0.25) is 0 Å². The molecule has 0 saturated carbocycles. The Balaban J connectivity index is 2.07. The van der Waals surface area contributed by atoms with Gasteiger partial charge < -0.3 is 14.9 Å². The van der Waals surface area contributed by atoms with Gasteiger partial charge in [0, 0.05) is 13.1 Å². The second kappa shape index (κ2) is 5.36. The first-order valence-electron chi connectivity index (χ1n) is 5.78. The van der Waals surface area contributed by atoms with Crippen molar-refractivity contribution in [1.29, 1.82) is 5.26 Å². The summed E-state index contributed by atoms with van der Waals surface area (Å²) in [4.78, 5) is 1.77. The van der Waals surface area contributed by atoms with Crippen LogP contribution in [0.4, 0.5) is 0 Å². The number of methoxy groups -OCH3 is 1. The number of ether oxygens (including phenoxy) is 1. The molecule has 1 aliphatic rings. The summed E-state index contributed by atoms with van der Waals surface area (Å²) in [7, 11) is 1.61. The largest absolute Gasteiger partial charge is 0.497 e. The van der Waals surface area contributed by atoms with Gasteiger partial charge in [0.1, 0.15) is 17.9 Å². The van der Waals surface area contributed by atoms with Crippen LogP contribution < -0.4 is 4.74 Å². The van der Waals surface area contributed by atoms with Crippen LogP contribution in [-0.4, -0.2) is 47.0 Å². The molecule has 2 rings (SSSR count). The average molecular weight is 248 g/mol. The molecule has 0 bridgehead atoms. The topological polar surface area (TPSA) is 76.7 Å². The van der Waals surface area contributed by atoms with E-state index in [-0.39, 0.29) is 0 Å². The Morgan fingerprint density at radius 3 is 2.61 bits per heavy atom. The molecule has 0 unspecified atom stereocenters. The van der Waals surface area contributed by atoms with Gasteiger partial charge in [-0.1, -0.05) is 12.1 Å². The molecule has 5 heteroatoms. The van der Waals surface area contributed by atoms with E-state index in [4.69, 9.17) is 10.00 Å². The molecular weight excluding hydrogens is 232 g/mol. The fourth-order valence-electron chi connectivity index (χ4n) is 2.17. The Morgan fingerprint density at radius 2 is 2.06 bits per heavy atom. The summed E-state index contributed by atoms with van der Waals surface area (Å²) in [5, 5.41) is 28.2. The fraction of sp³-hybridized carbons (Fsp3) is 0.462.